The molecule has 3 saturated heterocycles. The highest BCUT2D eigenvalue weighted by molar-refractivity contribution is 5.92. The summed E-state index contributed by atoms with van der Waals surface area (Å²) in [5.41, 5.74) is 0.520. The lowest BCUT2D eigenvalue weighted by atomic mass is 9.78. The van der Waals surface area contributed by atoms with Gasteiger partial charge in [0.1, 0.15) is 11.7 Å². The maximum atomic E-state index is 12.5. The molecule has 0 radical (unpaired) electrons. The van der Waals surface area contributed by atoms with Gasteiger partial charge in [-0.3, -0.25) is 19.2 Å². The summed E-state index contributed by atoms with van der Waals surface area (Å²) in [5, 5.41) is 9.67. The van der Waals surface area contributed by atoms with E-state index in [-0.39, 0.29) is 30.2 Å². The van der Waals surface area contributed by atoms with Crippen molar-refractivity contribution in [2.24, 2.45) is 18.9 Å². The molecule has 10 heteroatoms. The number of hydrogen-bond acceptors (Lipinski definition) is 5. The Morgan fingerprint density at radius 2 is 1.61 bits per heavy atom. The standard InChI is InChI=1S/C20H29N5O3.CH2O2/c1-23-12-17(21-13-23)20(28)25-10-6-15(7-11-25)14-4-8-24(9-5-14)19(27)16-2-3-18(26)22-16;2-1-3/h12-16H,2-11H2,1H3,(H,22,26);1H,(H,2,3)/t16-;/m0./s1. The van der Waals surface area contributed by atoms with Crippen molar-refractivity contribution in [3.05, 3.63) is 18.2 Å². The lowest BCUT2D eigenvalue weighted by Crippen LogP contribution is -2.49. The van der Waals surface area contributed by atoms with E-state index in [1.807, 2.05) is 16.8 Å². The molecule has 0 bridgehead atoms. The molecule has 0 aliphatic carbocycles. The van der Waals surface area contributed by atoms with Crippen LogP contribution in [0.1, 0.15) is 49.0 Å². The van der Waals surface area contributed by atoms with E-state index in [9.17, 15) is 14.4 Å². The van der Waals surface area contributed by atoms with Gasteiger partial charge in [-0.1, -0.05) is 0 Å². The first-order chi connectivity index (χ1) is 14.9. The fourth-order valence-corrected chi connectivity index (χ4v) is 4.87. The third-order valence-corrected chi connectivity index (χ3v) is 6.56. The van der Waals surface area contributed by atoms with Crippen LogP contribution in [-0.4, -0.2) is 80.9 Å². The van der Waals surface area contributed by atoms with Gasteiger partial charge in [0.15, 0.2) is 0 Å². The van der Waals surface area contributed by atoms with Crippen LogP contribution in [-0.2, 0) is 21.4 Å². The highest BCUT2D eigenvalue weighted by Gasteiger charge is 2.35. The van der Waals surface area contributed by atoms with Crippen molar-refractivity contribution >= 4 is 24.2 Å². The maximum absolute atomic E-state index is 12.5. The molecule has 0 unspecified atom stereocenters. The molecular formula is C21H31N5O5. The van der Waals surface area contributed by atoms with Crippen molar-refractivity contribution in [2.75, 3.05) is 26.2 Å². The minimum absolute atomic E-state index is 0.0137. The Morgan fingerprint density at radius 3 is 2.06 bits per heavy atom. The van der Waals surface area contributed by atoms with Gasteiger partial charge in [-0.25, -0.2) is 4.98 Å². The van der Waals surface area contributed by atoms with Gasteiger partial charge < -0.3 is 24.8 Å². The molecule has 2 N–H and O–H groups in total. The number of aryl methyl sites for hydroxylation is 1. The Labute approximate surface area is 181 Å². The largest absolute Gasteiger partial charge is 0.483 e. The smallest absolute Gasteiger partial charge is 0.290 e. The molecule has 0 aromatic carbocycles. The lowest BCUT2D eigenvalue weighted by Gasteiger charge is -2.40. The first-order valence-corrected chi connectivity index (χ1v) is 10.9. The van der Waals surface area contributed by atoms with Crippen LogP contribution in [0.4, 0.5) is 0 Å². The number of nitrogens with zero attached hydrogens (tertiary/aromatic N) is 4. The SMILES string of the molecule is Cn1cnc(C(=O)N2CCC(C3CCN(C(=O)[C@@H]4CCC(=O)N4)CC3)CC2)c1.O=CO. The Morgan fingerprint density at radius 1 is 1.06 bits per heavy atom. The summed E-state index contributed by atoms with van der Waals surface area (Å²) in [7, 11) is 1.87. The van der Waals surface area contributed by atoms with Gasteiger partial charge in [-0.05, 0) is 43.9 Å². The molecule has 1 aromatic heterocycles. The highest BCUT2D eigenvalue weighted by Crippen LogP contribution is 2.33. The minimum atomic E-state index is -0.315. The molecule has 1 atom stereocenters. The van der Waals surface area contributed by atoms with E-state index in [4.69, 9.17) is 9.90 Å². The zero-order valence-electron chi connectivity index (χ0n) is 17.9. The van der Waals surface area contributed by atoms with Crippen LogP contribution in [0.2, 0.25) is 0 Å². The van der Waals surface area contributed by atoms with Crippen molar-refractivity contribution in [2.45, 2.75) is 44.6 Å². The van der Waals surface area contributed by atoms with Gasteiger partial charge in [0.25, 0.3) is 12.4 Å². The fraction of sp³-hybridized carbons (Fsp3) is 0.667. The third-order valence-electron chi connectivity index (χ3n) is 6.56. The molecule has 170 valence electrons. The van der Waals surface area contributed by atoms with E-state index in [1.165, 1.54) is 0 Å². The minimum Gasteiger partial charge on any atom is -0.483 e. The lowest BCUT2D eigenvalue weighted by molar-refractivity contribution is -0.136. The summed E-state index contributed by atoms with van der Waals surface area (Å²) in [4.78, 5) is 52.8. The van der Waals surface area contributed by atoms with Crippen LogP contribution in [0.5, 0.6) is 0 Å². The summed E-state index contributed by atoms with van der Waals surface area (Å²) in [5.74, 6) is 1.34. The van der Waals surface area contributed by atoms with Crippen LogP contribution in [0.15, 0.2) is 12.5 Å². The Kier molecular flexibility index (Phi) is 7.64. The zero-order chi connectivity index (χ0) is 22.4. The van der Waals surface area contributed by atoms with E-state index >= 15 is 0 Å². The number of likely N-dealkylation sites (tertiary alicyclic amines) is 2. The van der Waals surface area contributed by atoms with Gasteiger partial charge >= 0.3 is 0 Å². The van der Waals surface area contributed by atoms with Gasteiger partial charge in [-0.15, -0.1) is 0 Å². The van der Waals surface area contributed by atoms with Gasteiger partial charge in [-0.2, -0.15) is 0 Å². The summed E-state index contributed by atoms with van der Waals surface area (Å²) in [6, 6.07) is -0.315. The van der Waals surface area contributed by atoms with Crippen molar-refractivity contribution in [3.8, 4) is 0 Å². The second-order valence-electron chi connectivity index (χ2n) is 8.48. The van der Waals surface area contributed by atoms with E-state index in [0.717, 1.165) is 51.9 Å². The molecule has 1 aromatic rings. The predicted octanol–water partition coefficient (Wildman–Crippen LogP) is 0.490. The van der Waals surface area contributed by atoms with Gasteiger partial charge in [0.05, 0.1) is 6.33 Å². The fourth-order valence-electron chi connectivity index (χ4n) is 4.87. The quantitative estimate of drug-likeness (QED) is 0.669. The number of carboxylic acid groups (broad SMARTS) is 1. The molecule has 3 aliphatic heterocycles. The Hall–Kier alpha value is -2.91. The molecule has 0 spiro atoms. The third kappa shape index (κ3) is 5.62. The van der Waals surface area contributed by atoms with Crippen LogP contribution in [0.3, 0.4) is 0 Å². The first kappa shape index (κ1) is 22.8. The van der Waals surface area contributed by atoms with Crippen LogP contribution in [0, 0.1) is 11.8 Å². The predicted molar refractivity (Wildman–Crippen MR) is 111 cm³/mol. The monoisotopic (exact) mass is 433 g/mol. The van der Waals surface area contributed by atoms with Crippen LogP contribution in [0.25, 0.3) is 0 Å². The number of hydrogen-bond donors (Lipinski definition) is 2. The number of rotatable bonds is 3. The summed E-state index contributed by atoms with van der Waals surface area (Å²) >= 11 is 0. The van der Waals surface area contributed by atoms with E-state index in [1.54, 1.807) is 17.1 Å². The summed E-state index contributed by atoms with van der Waals surface area (Å²) in [6.45, 7) is 2.88. The van der Waals surface area contributed by atoms with E-state index in [0.29, 0.717) is 30.4 Å². The second-order valence-corrected chi connectivity index (χ2v) is 8.48. The second kappa shape index (κ2) is 10.4. The topological polar surface area (TPSA) is 125 Å². The molecule has 0 saturated carbocycles. The molecule has 10 nitrogen and oxygen atoms in total. The first-order valence-electron chi connectivity index (χ1n) is 10.9. The number of imidazole rings is 1. The van der Waals surface area contributed by atoms with E-state index in [2.05, 4.69) is 10.3 Å². The normalized spacial score (nSPS) is 22.5. The number of amides is 3. The summed E-state index contributed by atoms with van der Waals surface area (Å²) < 4.78 is 1.80. The molecule has 31 heavy (non-hydrogen) atoms. The molecule has 3 amide bonds. The maximum Gasteiger partial charge on any atom is 0.290 e. The number of carbonyl (C=O) groups is 4. The Bertz CT molecular complexity index is 794. The van der Waals surface area contributed by atoms with Crippen molar-refractivity contribution in [3.63, 3.8) is 0 Å². The van der Waals surface area contributed by atoms with Crippen LogP contribution < -0.4 is 5.32 Å². The number of aromatic nitrogens is 2. The molecule has 4 rings (SSSR count). The van der Waals surface area contributed by atoms with Gasteiger partial charge in [0.2, 0.25) is 11.8 Å². The van der Waals surface area contributed by atoms with Crippen molar-refractivity contribution in [1.29, 1.82) is 0 Å². The summed E-state index contributed by atoms with van der Waals surface area (Å²) in [6.07, 6.45) is 8.60. The molecule has 4 heterocycles. The number of carbonyl (C=O) groups excluding carboxylic acids is 3. The number of nitrogens with one attached hydrogen (secondary N) is 1. The van der Waals surface area contributed by atoms with Crippen molar-refractivity contribution < 1.29 is 24.3 Å². The average molecular weight is 434 g/mol. The average Bonchev–Trinajstić information content (AvgIpc) is 3.42. The Balaban J connectivity index is 0.000000858. The van der Waals surface area contributed by atoms with Crippen LogP contribution >= 0.6 is 0 Å². The highest BCUT2D eigenvalue weighted by atomic mass is 16.3. The molecular weight excluding hydrogens is 402 g/mol. The molecule has 3 fully saturated rings. The zero-order valence-corrected chi connectivity index (χ0v) is 17.9. The van der Waals surface area contributed by atoms with Gasteiger partial charge in [0, 0.05) is 45.8 Å². The molecule has 3 aliphatic rings. The van der Waals surface area contributed by atoms with E-state index < -0.39 is 0 Å². The number of piperidine rings is 2. The van der Waals surface area contributed by atoms with Crippen molar-refractivity contribution in [1.82, 2.24) is 24.7 Å².